The van der Waals surface area contributed by atoms with Crippen molar-refractivity contribution in [2.45, 2.75) is 84.1 Å². The first-order valence-electron chi connectivity index (χ1n) is 17.3. The van der Waals surface area contributed by atoms with Crippen LogP contribution < -0.4 is 0 Å². The average Bonchev–Trinajstić information content (AvgIpc) is 4.07. The van der Waals surface area contributed by atoms with Crippen LogP contribution in [0.1, 0.15) is 69.9 Å². The third kappa shape index (κ3) is 10.3. The quantitative estimate of drug-likeness (QED) is 0.260. The highest BCUT2D eigenvalue weighted by atomic mass is 16.6. The smallest absolute Gasteiger partial charge is 0.204 e. The molecule has 0 radical (unpaired) electrons. The summed E-state index contributed by atoms with van der Waals surface area (Å²) in [4.78, 5) is 3.21. The van der Waals surface area contributed by atoms with Crippen LogP contribution in [0.3, 0.4) is 0 Å². The number of tetrazole rings is 2. The van der Waals surface area contributed by atoms with Gasteiger partial charge in [-0.1, -0.05) is 49.7 Å². The lowest BCUT2D eigenvalue weighted by Crippen LogP contribution is -2.32. The fraction of sp³-hybridized carbons (Fsp3) is 0.514. The summed E-state index contributed by atoms with van der Waals surface area (Å²) >= 11 is 0. The molecule has 2 saturated heterocycles. The highest BCUT2D eigenvalue weighted by Gasteiger charge is 2.20. The Balaban J connectivity index is 0.000000159. The Morgan fingerprint density at radius 1 is 0.667 bits per heavy atom. The first kappa shape index (κ1) is 33.5. The van der Waals surface area contributed by atoms with E-state index in [1.807, 2.05) is 62.4 Å². The van der Waals surface area contributed by atoms with Gasteiger partial charge in [0, 0.05) is 40.7 Å². The fourth-order valence-electron chi connectivity index (χ4n) is 5.09. The molecular weight excluding hydrogens is 604 g/mol. The summed E-state index contributed by atoms with van der Waals surface area (Å²) in [5.74, 6) is 15.5. The molecule has 0 unspecified atom stereocenters. The summed E-state index contributed by atoms with van der Waals surface area (Å²) in [5.41, 5.74) is 3.94. The van der Waals surface area contributed by atoms with Crippen molar-refractivity contribution in [2.24, 2.45) is 11.8 Å². The minimum atomic E-state index is -0.00845. The monoisotopic (exact) mass is 648 g/mol. The molecule has 250 valence electrons. The lowest BCUT2D eigenvalue weighted by molar-refractivity contribution is -0.0959. The normalized spacial score (nSPS) is 20.0. The van der Waals surface area contributed by atoms with E-state index in [-0.39, 0.29) is 12.2 Å². The molecule has 48 heavy (non-hydrogen) atoms. The van der Waals surface area contributed by atoms with Crippen molar-refractivity contribution in [3.63, 3.8) is 0 Å². The molecule has 2 atom stereocenters. The molecule has 0 bridgehead atoms. The lowest BCUT2D eigenvalue weighted by Gasteiger charge is -2.21. The molecule has 2 aromatic carbocycles. The van der Waals surface area contributed by atoms with Crippen molar-refractivity contribution in [1.82, 2.24) is 40.4 Å². The van der Waals surface area contributed by atoms with Gasteiger partial charge in [0.1, 0.15) is 6.10 Å². The largest absolute Gasteiger partial charge is 0.376 e. The van der Waals surface area contributed by atoms with E-state index in [1.165, 1.54) is 32.1 Å². The number of hydrogen-bond donors (Lipinski definition) is 0. The predicted octanol–water partition coefficient (Wildman–Crippen LogP) is 5.21. The Hall–Kier alpha value is -4.42. The van der Waals surface area contributed by atoms with Gasteiger partial charge in [-0.25, -0.2) is 0 Å². The third-order valence-corrected chi connectivity index (χ3v) is 8.06. The van der Waals surface area contributed by atoms with Crippen LogP contribution in [0, 0.1) is 35.5 Å². The molecule has 0 spiro atoms. The van der Waals surface area contributed by atoms with E-state index in [9.17, 15) is 0 Å². The molecule has 8 rings (SSSR count). The van der Waals surface area contributed by atoms with Crippen LogP contribution in [0.5, 0.6) is 0 Å². The summed E-state index contributed by atoms with van der Waals surface area (Å²) in [6.07, 6.45) is 8.62. The molecule has 2 aliphatic carbocycles. The predicted molar refractivity (Wildman–Crippen MR) is 181 cm³/mol. The summed E-state index contributed by atoms with van der Waals surface area (Å²) in [6.45, 7) is 7.92. The van der Waals surface area contributed by atoms with Crippen LogP contribution in [0.25, 0.3) is 22.8 Å². The van der Waals surface area contributed by atoms with Crippen molar-refractivity contribution >= 4 is 0 Å². The van der Waals surface area contributed by atoms with E-state index in [2.05, 4.69) is 54.5 Å². The van der Waals surface area contributed by atoms with Gasteiger partial charge in [-0.3, -0.25) is 0 Å². The van der Waals surface area contributed by atoms with Crippen LogP contribution in [-0.2, 0) is 27.3 Å². The van der Waals surface area contributed by atoms with Crippen LogP contribution in [-0.4, -0.2) is 79.0 Å². The van der Waals surface area contributed by atoms with E-state index in [0.717, 1.165) is 41.7 Å². The Bertz CT molecular complexity index is 1710. The number of benzene rings is 2. The van der Waals surface area contributed by atoms with Crippen molar-refractivity contribution in [2.75, 3.05) is 26.4 Å². The molecule has 4 aliphatic rings. The minimum Gasteiger partial charge on any atom is -0.376 e. The lowest BCUT2D eigenvalue weighted by atomic mass is 10.1. The Morgan fingerprint density at radius 2 is 1.31 bits per heavy atom. The van der Waals surface area contributed by atoms with Gasteiger partial charge in [-0.2, -0.15) is 9.59 Å². The summed E-state index contributed by atoms with van der Waals surface area (Å²) in [5, 5.41) is 25.4. The fourth-order valence-corrected chi connectivity index (χ4v) is 5.09. The molecule has 11 nitrogen and oxygen atoms in total. The second-order valence-corrected chi connectivity index (χ2v) is 12.1. The number of nitrogens with zero attached hydrogens (tertiary/aromatic N) is 8. The van der Waals surface area contributed by atoms with E-state index >= 15 is 0 Å². The van der Waals surface area contributed by atoms with Crippen molar-refractivity contribution in [3.8, 4) is 46.5 Å². The second kappa shape index (κ2) is 17.1. The van der Waals surface area contributed by atoms with Gasteiger partial charge in [-0.05, 0) is 91.8 Å². The molecule has 2 saturated carbocycles. The van der Waals surface area contributed by atoms with Crippen molar-refractivity contribution in [3.05, 3.63) is 59.7 Å². The first-order chi connectivity index (χ1) is 23.7. The molecule has 0 N–H and O–H groups in total. The van der Waals surface area contributed by atoms with Gasteiger partial charge in [-0.15, -0.1) is 20.4 Å². The zero-order valence-corrected chi connectivity index (χ0v) is 27.9. The molecule has 2 aromatic heterocycles. The Morgan fingerprint density at radius 3 is 1.94 bits per heavy atom. The zero-order chi connectivity index (χ0) is 33.0. The number of hydrogen-bond acceptors (Lipinski definition) is 9. The highest BCUT2D eigenvalue weighted by Crippen LogP contribution is 2.28. The van der Waals surface area contributed by atoms with Gasteiger partial charge in [0.2, 0.25) is 11.6 Å². The highest BCUT2D eigenvalue weighted by molar-refractivity contribution is 5.58. The number of rotatable bonds is 6. The summed E-state index contributed by atoms with van der Waals surface area (Å²) < 4.78 is 16.7. The van der Waals surface area contributed by atoms with E-state index in [1.54, 1.807) is 9.59 Å². The average molecular weight is 649 g/mol. The summed E-state index contributed by atoms with van der Waals surface area (Å²) in [6, 6.07) is 16.0. The molecule has 2 aliphatic heterocycles. The van der Waals surface area contributed by atoms with Gasteiger partial charge in [0.25, 0.3) is 0 Å². The van der Waals surface area contributed by atoms with Crippen LogP contribution in [0.15, 0.2) is 48.5 Å². The molecule has 4 fully saturated rings. The molecule has 0 amide bonds. The van der Waals surface area contributed by atoms with Crippen LogP contribution >= 0.6 is 0 Å². The molecule has 11 heteroatoms. The Labute approximate surface area is 282 Å². The van der Waals surface area contributed by atoms with Crippen molar-refractivity contribution < 1.29 is 14.2 Å². The standard InChI is InChI=1S/C18H20N4O.C17H18N4O2.C2H6/c1-2-11-23-17(6-1)13-22-20-18(19-21-22)16-5-3-4-15(12-16)10-9-14-7-8-14;1-2-13(1)3-4-14-5-7-15(8-6-14)17-18-20-21(19-17)11-16-12-22-9-10-23-16;1-2/h3-5,12,14,17H,1-2,6-8,11,13H2;5-8,13,16H,1-2,9-12H2;1-2H3/t17-;16-;/m10./s1. The van der Waals surface area contributed by atoms with Crippen LogP contribution in [0.2, 0.25) is 0 Å². The molecule has 4 heterocycles. The second-order valence-electron chi connectivity index (χ2n) is 12.1. The number of ether oxygens (including phenoxy) is 3. The van der Waals surface area contributed by atoms with Gasteiger partial charge < -0.3 is 14.2 Å². The molecule has 4 aromatic rings. The van der Waals surface area contributed by atoms with Crippen molar-refractivity contribution in [1.29, 1.82) is 0 Å². The van der Waals surface area contributed by atoms with Gasteiger partial charge in [0.05, 0.1) is 39.0 Å². The first-order valence-corrected chi connectivity index (χ1v) is 17.3. The third-order valence-electron chi connectivity index (χ3n) is 8.06. The van der Waals surface area contributed by atoms with Gasteiger partial charge in [0.15, 0.2) is 0 Å². The SMILES string of the molecule is C(#CC1CC1)c1ccc(-c2nnn(C[C@H]3COCCO3)n2)cc1.C(#CC1CC1)c1cccc(-c2nnn(C[C@H]3CCCCO3)n2)c1.CC. The topological polar surface area (TPSA) is 115 Å². The molecular formula is C37H44N8O3. The van der Waals surface area contributed by atoms with E-state index in [4.69, 9.17) is 14.2 Å². The maximum absolute atomic E-state index is 5.73. The van der Waals surface area contributed by atoms with E-state index < -0.39 is 0 Å². The summed E-state index contributed by atoms with van der Waals surface area (Å²) in [7, 11) is 0. The number of aromatic nitrogens is 8. The van der Waals surface area contributed by atoms with E-state index in [0.29, 0.717) is 56.4 Å². The maximum Gasteiger partial charge on any atom is 0.204 e. The zero-order valence-electron chi connectivity index (χ0n) is 27.9. The van der Waals surface area contributed by atoms with Gasteiger partial charge >= 0.3 is 0 Å². The minimum absolute atomic E-state index is 0.00845. The van der Waals surface area contributed by atoms with Crippen LogP contribution in [0.4, 0.5) is 0 Å². The maximum atomic E-state index is 5.73. The Kier molecular flexibility index (Phi) is 11.9.